The Labute approximate surface area is 94.9 Å². The van der Waals surface area contributed by atoms with Gasteiger partial charge in [-0.2, -0.15) is 0 Å². The van der Waals surface area contributed by atoms with E-state index in [9.17, 15) is 12.8 Å². The molecule has 0 bridgehead atoms. The second-order valence-electron chi connectivity index (χ2n) is 3.50. The molecule has 2 N–H and O–H groups in total. The molecule has 0 aliphatic rings. The van der Waals surface area contributed by atoms with E-state index in [1.165, 1.54) is 18.2 Å². The molecule has 1 unspecified atom stereocenters. The van der Waals surface area contributed by atoms with Gasteiger partial charge in [-0.3, -0.25) is 4.72 Å². The number of benzene rings is 1. The summed E-state index contributed by atoms with van der Waals surface area (Å²) in [6.07, 6.45) is 0. The lowest BCUT2D eigenvalue weighted by atomic mass is 10.3. The molecule has 6 heteroatoms. The number of rotatable bonds is 5. The van der Waals surface area contributed by atoms with Crippen LogP contribution in [0.4, 0.5) is 10.1 Å². The molecule has 1 aromatic rings. The Morgan fingerprint density at radius 2 is 2.00 bits per heavy atom. The number of hydrogen-bond acceptors (Lipinski definition) is 3. The first-order chi connectivity index (χ1) is 7.47. The maximum absolute atomic E-state index is 13.2. The van der Waals surface area contributed by atoms with Crippen LogP contribution in [0.3, 0.4) is 0 Å². The minimum atomic E-state index is -3.55. The summed E-state index contributed by atoms with van der Waals surface area (Å²) in [5.74, 6) is -0.581. The van der Waals surface area contributed by atoms with Gasteiger partial charge < -0.3 is 5.32 Å². The topological polar surface area (TPSA) is 58.2 Å². The van der Waals surface area contributed by atoms with Crippen molar-refractivity contribution in [1.29, 1.82) is 0 Å². The highest BCUT2D eigenvalue weighted by atomic mass is 32.2. The highest BCUT2D eigenvalue weighted by Crippen LogP contribution is 2.15. The molecule has 4 nitrogen and oxygen atoms in total. The number of hydrogen-bond donors (Lipinski definition) is 2. The van der Waals surface area contributed by atoms with Crippen LogP contribution in [0.25, 0.3) is 0 Å². The molecule has 0 aromatic heterocycles. The summed E-state index contributed by atoms with van der Waals surface area (Å²) in [6.45, 7) is 1.86. The molecule has 90 valence electrons. The molecule has 16 heavy (non-hydrogen) atoms. The van der Waals surface area contributed by atoms with Gasteiger partial charge in [-0.05, 0) is 26.1 Å². The molecule has 0 heterocycles. The van der Waals surface area contributed by atoms with Gasteiger partial charge in [0.25, 0.3) is 0 Å². The van der Waals surface area contributed by atoms with Crippen LogP contribution in [0, 0.1) is 5.82 Å². The monoisotopic (exact) mass is 246 g/mol. The average molecular weight is 246 g/mol. The highest BCUT2D eigenvalue weighted by molar-refractivity contribution is 7.93. The highest BCUT2D eigenvalue weighted by Gasteiger charge is 2.20. The largest absolute Gasteiger partial charge is 0.318 e. The van der Waals surface area contributed by atoms with Crippen molar-refractivity contribution in [2.75, 3.05) is 18.3 Å². The van der Waals surface area contributed by atoms with Crippen LogP contribution in [-0.2, 0) is 10.0 Å². The zero-order valence-electron chi connectivity index (χ0n) is 9.20. The first-order valence-electron chi connectivity index (χ1n) is 4.88. The van der Waals surface area contributed by atoms with E-state index in [1.807, 2.05) is 0 Å². The van der Waals surface area contributed by atoms with E-state index >= 15 is 0 Å². The Morgan fingerprint density at radius 3 is 2.56 bits per heavy atom. The third kappa shape index (κ3) is 3.18. The Bertz CT molecular complexity index is 448. The van der Waals surface area contributed by atoms with E-state index < -0.39 is 21.1 Å². The molecule has 0 aliphatic carbocycles. The van der Waals surface area contributed by atoms with Crippen LogP contribution in [0.15, 0.2) is 24.3 Å². The summed E-state index contributed by atoms with van der Waals surface area (Å²) in [7, 11) is -1.89. The first-order valence-corrected chi connectivity index (χ1v) is 6.42. The maximum atomic E-state index is 13.2. The standard InChI is InChI=1S/C10H15FN2O2S/c1-8(7-12-2)16(14,15)13-10-6-4-3-5-9(10)11/h3-6,8,12-13H,7H2,1-2H3. The fraction of sp³-hybridized carbons (Fsp3) is 0.400. The van der Waals surface area contributed by atoms with E-state index in [-0.39, 0.29) is 5.69 Å². The Morgan fingerprint density at radius 1 is 1.38 bits per heavy atom. The fourth-order valence-corrected chi connectivity index (χ4v) is 2.25. The zero-order chi connectivity index (χ0) is 12.2. The van der Waals surface area contributed by atoms with Crippen molar-refractivity contribution >= 4 is 15.7 Å². The first kappa shape index (κ1) is 12.9. The van der Waals surface area contributed by atoms with Gasteiger partial charge in [0.15, 0.2) is 0 Å². The second kappa shape index (κ2) is 5.27. The molecule has 0 fully saturated rings. The SMILES string of the molecule is CNCC(C)S(=O)(=O)Nc1ccccc1F. The maximum Gasteiger partial charge on any atom is 0.236 e. The summed E-state index contributed by atoms with van der Waals surface area (Å²) in [5.41, 5.74) is -0.0227. The number of sulfonamides is 1. The Hall–Kier alpha value is -1.14. The van der Waals surface area contributed by atoms with E-state index in [4.69, 9.17) is 0 Å². The fourth-order valence-electron chi connectivity index (χ4n) is 1.19. The Balaban J connectivity index is 2.85. The normalized spacial score (nSPS) is 13.4. The van der Waals surface area contributed by atoms with Crippen LogP contribution in [0.1, 0.15) is 6.92 Å². The molecule has 1 atom stereocenters. The van der Waals surface area contributed by atoms with Gasteiger partial charge in [0, 0.05) is 6.54 Å². The lowest BCUT2D eigenvalue weighted by Crippen LogP contribution is -2.33. The summed E-state index contributed by atoms with van der Waals surface area (Å²) in [6, 6.07) is 5.67. The van der Waals surface area contributed by atoms with Crippen molar-refractivity contribution in [3.8, 4) is 0 Å². The van der Waals surface area contributed by atoms with E-state index in [2.05, 4.69) is 10.0 Å². The summed E-state index contributed by atoms with van der Waals surface area (Å²) in [4.78, 5) is 0. The smallest absolute Gasteiger partial charge is 0.236 e. The second-order valence-corrected chi connectivity index (χ2v) is 5.59. The molecular formula is C10H15FN2O2S. The van der Waals surface area contributed by atoms with Gasteiger partial charge in [-0.25, -0.2) is 12.8 Å². The van der Waals surface area contributed by atoms with Gasteiger partial charge in [0.2, 0.25) is 10.0 Å². The van der Waals surface area contributed by atoms with E-state index in [1.54, 1.807) is 20.0 Å². The van der Waals surface area contributed by atoms with Crippen LogP contribution in [0.5, 0.6) is 0 Å². The van der Waals surface area contributed by atoms with Gasteiger partial charge >= 0.3 is 0 Å². The Kier molecular flexibility index (Phi) is 4.26. The zero-order valence-corrected chi connectivity index (χ0v) is 10.0. The molecule has 0 spiro atoms. The van der Waals surface area contributed by atoms with Crippen molar-refractivity contribution in [1.82, 2.24) is 5.32 Å². The van der Waals surface area contributed by atoms with E-state index in [0.717, 1.165) is 0 Å². The average Bonchev–Trinajstić information content (AvgIpc) is 2.21. The quantitative estimate of drug-likeness (QED) is 0.820. The van der Waals surface area contributed by atoms with Crippen molar-refractivity contribution in [2.24, 2.45) is 0 Å². The minimum absolute atomic E-state index is 0.0227. The number of nitrogens with one attached hydrogen (secondary N) is 2. The van der Waals surface area contributed by atoms with Gasteiger partial charge in [0.1, 0.15) is 5.82 Å². The molecular weight excluding hydrogens is 231 g/mol. The number of anilines is 1. The molecule has 1 aromatic carbocycles. The summed E-state index contributed by atoms with van der Waals surface area (Å²) >= 11 is 0. The van der Waals surface area contributed by atoms with Crippen molar-refractivity contribution < 1.29 is 12.8 Å². The minimum Gasteiger partial charge on any atom is -0.318 e. The molecule has 1 rings (SSSR count). The molecule has 0 aliphatic heterocycles. The van der Waals surface area contributed by atoms with Crippen LogP contribution >= 0.6 is 0 Å². The lowest BCUT2D eigenvalue weighted by Gasteiger charge is -2.14. The van der Waals surface area contributed by atoms with Gasteiger partial charge in [-0.15, -0.1) is 0 Å². The van der Waals surface area contributed by atoms with Crippen molar-refractivity contribution in [2.45, 2.75) is 12.2 Å². The third-order valence-electron chi connectivity index (χ3n) is 2.15. The number of para-hydroxylation sites is 1. The molecule has 0 saturated heterocycles. The van der Waals surface area contributed by atoms with Crippen LogP contribution in [-0.4, -0.2) is 27.3 Å². The third-order valence-corrected chi connectivity index (χ3v) is 3.88. The summed E-state index contributed by atoms with van der Waals surface area (Å²) < 4.78 is 38.9. The van der Waals surface area contributed by atoms with Gasteiger partial charge in [-0.1, -0.05) is 12.1 Å². The van der Waals surface area contributed by atoms with E-state index in [0.29, 0.717) is 6.54 Å². The van der Waals surface area contributed by atoms with Gasteiger partial charge in [0.05, 0.1) is 10.9 Å². The predicted octanol–water partition coefficient (Wildman–Crippen LogP) is 1.18. The summed E-state index contributed by atoms with van der Waals surface area (Å²) in [5, 5.41) is 2.13. The predicted molar refractivity (Wildman–Crippen MR) is 62.3 cm³/mol. The van der Waals surface area contributed by atoms with Crippen LogP contribution in [0.2, 0.25) is 0 Å². The molecule has 0 radical (unpaired) electrons. The van der Waals surface area contributed by atoms with Crippen molar-refractivity contribution in [3.63, 3.8) is 0 Å². The van der Waals surface area contributed by atoms with Crippen molar-refractivity contribution in [3.05, 3.63) is 30.1 Å². The number of halogens is 1. The molecule has 0 amide bonds. The molecule has 0 saturated carbocycles. The van der Waals surface area contributed by atoms with Crippen LogP contribution < -0.4 is 10.0 Å². The lowest BCUT2D eigenvalue weighted by molar-refractivity contribution is 0.582.